The van der Waals surface area contributed by atoms with Gasteiger partial charge < -0.3 is 5.11 Å². The third kappa shape index (κ3) is 6.26. The highest BCUT2D eigenvalue weighted by molar-refractivity contribution is 5.23. The van der Waals surface area contributed by atoms with Crippen LogP contribution in [-0.4, -0.2) is 23.9 Å². The molecule has 0 aromatic heterocycles. The van der Waals surface area contributed by atoms with Crippen molar-refractivity contribution >= 4 is 0 Å². The summed E-state index contributed by atoms with van der Waals surface area (Å²) in [5.41, 5.74) is -0.250. The summed E-state index contributed by atoms with van der Waals surface area (Å²) in [6.45, 7) is 6.42. The predicted molar refractivity (Wildman–Crippen MR) is 82.3 cm³/mol. The Bertz CT molecular complexity index is 285. The first-order chi connectivity index (χ1) is 9.22. The molecule has 0 aromatic rings. The van der Waals surface area contributed by atoms with E-state index in [9.17, 15) is 5.11 Å². The Morgan fingerprint density at radius 3 is 2.11 bits per heavy atom. The fraction of sp³-hybridized carbons (Fsp3) is 0.750. The summed E-state index contributed by atoms with van der Waals surface area (Å²) < 4.78 is 0. The summed E-state index contributed by atoms with van der Waals surface area (Å²) in [7, 11) is 0. The third-order valence-corrected chi connectivity index (χ3v) is 3.57. The van der Waals surface area contributed by atoms with Gasteiger partial charge in [0.1, 0.15) is 0 Å². The minimum Gasteiger partial charge on any atom is -0.512 e. The number of rotatable bonds is 10. The molecular formula is C16H30N2O. The third-order valence-electron chi connectivity index (χ3n) is 3.57. The Kier molecular flexibility index (Phi) is 7.84. The van der Waals surface area contributed by atoms with Gasteiger partial charge in [0.05, 0.1) is 11.4 Å². The van der Waals surface area contributed by atoms with Crippen molar-refractivity contribution in [2.75, 3.05) is 13.1 Å². The molecule has 0 atom stereocenters. The van der Waals surface area contributed by atoms with Gasteiger partial charge in [0, 0.05) is 6.42 Å². The molecule has 3 heteroatoms. The molecule has 0 aliphatic heterocycles. The Morgan fingerprint density at radius 1 is 1.05 bits per heavy atom. The zero-order chi connectivity index (χ0) is 14.0. The van der Waals surface area contributed by atoms with Crippen LogP contribution in [0.15, 0.2) is 24.0 Å². The van der Waals surface area contributed by atoms with E-state index in [1.807, 2.05) is 6.08 Å². The maximum Gasteiger partial charge on any atom is 0.0957 e. The van der Waals surface area contributed by atoms with Crippen LogP contribution < -0.4 is 10.6 Å². The second kappa shape index (κ2) is 9.16. The fourth-order valence-corrected chi connectivity index (χ4v) is 2.41. The lowest BCUT2D eigenvalue weighted by molar-refractivity contribution is 0.263. The standard InChI is InChI=1S/C16H30N2O/c1-3-5-7-12-17-16(18-13-8-6-4-2)11-9-10-15(19)14-16/h9-11,17-19H,3-8,12-14H2,1-2H3. The average molecular weight is 266 g/mol. The number of aliphatic hydroxyl groups is 1. The Hall–Kier alpha value is -0.800. The minimum absolute atomic E-state index is 0.250. The summed E-state index contributed by atoms with van der Waals surface area (Å²) in [5.74, 6) is 0.452. The van der Waals surface area contributed by atoms with Gasteiger partial charge in [-0.25, -0.2) is 0 Å². The van der Waals surface area contributed by atoms with E-state index in [-0.39, 0.29) is 5.66 Å². The summed E-state index contributed by atoms with van der Waals surface area (Å²) in [6, 6.07) is 0. The largest absolute Gasteiger partial charge is 0.512 e. The van der Waals surface area contributed by atoms with Crippen molar-refractivity contribution in [1.82, 2.24) is 10.6 Å². The van der Waals surface area contributed by atoms with Crippen LogP contribution in [0.3, 0.4) is 0 Å². The lowest BCUT2D eigenvalue weighted by Crippen LogP contribution is -2.56. The lowest BCUT2D eigenvalue weighted by atomic mass is 9.98. The Balaban J connectivity index is 2.43. The number of aliphatic hydroxyl groups excluding tert-OH is 1. The normalized spacial score (nSPS) is 17.5. The molecule has 0 bridgehead atoms. The smallest absolute Gasteiger partial charge is 0.0957 e. The maximum atomic E-state index is 9.78. The molecule has 0 heterocycles. The van der Waals surface area contributed by atoms with Crippen molar-refractivity contribution < 1.29 is 5.11 Å². The van der Waals surface area contributed by atoms with E-state index < -0.39 is 0 Å². The first-order valence-electron chi connectivity index (χ1n) is 7.80. The number of hydrogen-bond donors (Lipinski definition) is 3. The highest BCUT2D eigenvalue weighted by Gasteiger charge is 2.28. The molecular weight excluding hydrogens is 236 g/mol. The molecule has 0 saturated heterocycles. The molecule has 0 spiro atoms. The van der Waals surface area contributed by atoms with Gasteiger partial charge in [-0.3, -0.25) is 10.6 Å². The molecule has 19 heavy (non-hydrogen) atoms. The van der Waals surface area contributed by atoms with E-state index in [4.69, 9.17) is 0 Å². The minimum atomic E-state index is -0.250. The topological polar surface area (TPSA) is 44.3 Å². The maximum absolute atomic E-state index is 9.78. The summed E-state index contributed by atoms with van der Waals surface area (Å²) in [6.07, 6.45) is 13.9. The molecule has 3 N–H and O–H groups in total. The molecule has 1 aliphatic rings. The van der Waals surface area contributed by atoms with E-state index in [0.29, 0.717) is 12.2 Å². The quantitative estimate of drug-likeness (QED) is 0.418. The molecule has 0 fully saturated rings. The predicted octanol–water partition coefficient (Wildman–Crippen LogP) is 3.64. The SMILES string of the molecule is CCCCCNC1(NCCCCC)C=CC=C(O)C1. The molecule has 0 amide bonds. The molecule has 0 unspecified atom stereocenters. The van der Waals surface area contributed by atoms with Crippen molar-refractivity contribution in [2.24, 2.45) is 0 Å². The van der Waals surface area contributed by atoms with Crippen molar-refractivity contribution in [3.63, 3.8) is 0 Å². The van der Waals surface area contributed by atoms with Crippen LogP contribution in [0, 0.1) is 0 Å². The van der Waals surface area contributed by atoms with Gasteiger partial charge in [0.25, 0.3) is 0 Å². The summed E-state index contributed by atoms with van der Waals surface area (Å²) in [5, 5.41) is 16.9. The van der Waals surface area contributed by atoms with Crippen molar-refractivity contribution in [3.8, 4) is 0 Å². The van der Waals surface area contributed by atoms with Gasteiger partial charge in [0.2, 0.25) is 0 Å². The van der Waals surface area contributed by atoms with Gasteiger partial charge in [0.15, 0.2) is 0 Å². The zero-order valence-corrected chi connectivity index (χ0v) is 12.5. The lowest BCUT2D eigenvalue weighted by Gasteiger charge is -2.35. The average Bonchev–Trinajstić information content (AvgIpc) is 2.40. The van der Waals surface area contributed by atoms with E-state index >= 15 is 0 Å². The van der Waals surface area contributed by atoms with E-state index in [1.165, 1.54) is 38.5 Å². The van der Waals surface area contributed by atoms with Gasteiger partial charge in [-0.1, -0.05) is 45.6 Å². The highest BCUT2D eigenvalue weighted by Crippen LogP contribution is 2.19. The summed E-state index contributed by atoms with van der Waals surface area (Å²) >= 11 is 0. The van der Waals surface area contributed by atoms with Gasteiger partial charge >= 0.3 is 0 Å². The first kappa shape index (κ1) is 16.3. The summed E-state index contributed by atoms with van der Waals surface area (Å²) in [4.78, 5) is 0. The zero-order valence-electron chi connectivity index (χ0n) is 12.5. The van der Waals surface area contributed by atoms with Crippen LogP contribution in [-0.2, 0) is 0 Å². The molecule has 0 aromatic carbocycles. The second-order valence-corrected chi connectivity index (χ2v) is 5.43. The molecule has 1 rings (SSSR count). The van der Waals surface area contributed by atoms with Gasteiger partial charge in [-0.05, 0) is 38.1 Å². The van der Waals surface area contributed by atoms with Crippen LogP contribution in [0.4, 0.5) is 0 Å². The number of unbranched alkanes of at least 4 members (excludes halogenated alkanes) is 4. The number of hydrogen-bond acceptors (Lipinski definition) is 3. The van der Waals surface area contributed by atoms with E-state index in [0.717, 1.165) is 13.1 Å². The Morgan fingerprint density at radius 2 is 1.63 bits per heavy atom. The van der Waals surface area contributed by atoms with Gasteiger partial charge in [-0.15, -0.1) is 0 Å². The van der Waals surface area contributed by atoms with Crippen LogP contribution in [0.2, 0.25) is 0 Å². The van der Waals surface area contributed by atoms with Crippen LogP contribution in [0.25, 0.3) is 0 Å². The molecule has 1 aliphatic carbocycles. The fourth-order valence-electron chi connectivity index (χ4n) is 2.41. The molecule has 0 saturated carbocycles. The molecule has 110 valence electrons. The Labute approximate surface area is 118 Å². The molecule has 3 nitrogen and oxygen atoms in total. The van der Waals surface area contributed by atoms with Crippen LogP contribution in [0.5, 0.6) is 0 Å². The van der Waals surface area contributed by atoms with Crippen molar-refractivity contribution in [3.05, 3.63) is 24.0 Å². The molecule has 0 radical (unpaired) electrons. The number of nitrogens with one attached hydrogen (secondary N) is 2. The number of allylic oxidation sites excluding steroid dienone is 2. The van der Waals surface area contributed by atoms with Crippen molar-refractivity contribution in [1.29, 1.82) is 0 Å². The van der Waals surface area contributed by atoms with E-state index in [1.54, 1.807) is 6.08 Å². The van der Waals surface area contributed by atoms with Crippen LogP contribution >= 0.6 is 0 Å². The van der Waals surface area contributed by atoms with Crippen molar-refractivity contribution in [2.45, 2.75) is 64.5 Å². The van der Waals surface area contributed by atoms with Gasteiger partial charge in [-0.2, -0.15) is 0 Å². The van der Waals surface area contributed by atoms with E-state index in [2.05, 4.69) is 30.6 Å². The first-order valence-corrected chi connectivity index (χ1v) is 7.80. The monoisotopic (exact) mass is 266 g/mol. The van der Waals surface area contributed by atoms with Crippen LogP contribution in [0.1, 0.15) is 58.8 Å². The second-order valence-electron chi connectivity index (χ2n) is 5.43. The highest BCUT2D eigenvalue weighted by atomic mass is 16.3.